The Bertz CT molecular complexity index is 999. The van der Waals surface area contributed by atoms with Crippen molar-refractivity contribution < 1.29 is 24.2 Å². The number of urea groups is 1. The number of ketones is 1. The van der Waals surface area contributed by atoms with Gasteiger partial charge in [0.1, 0.15) is 19.0 Å². The molecule has 0 bridgehead atoms. The number of fused-ring (bicyclic) bond motifs is 3. The first-order valence-corrected chi connectivity index (χ1v) is 10.3. The number of hydrogen-bond acceptors (Lipinski definition) is 5. The van der Waals surface area contributed by atoms with Gasteiger partial charge in [-0.2, -0.15) is 0 Å². The van der Waals surface area contributed by atoms with Crippen molar-refractivity contribution in [3.63, 3.8) is 0 Å². The highest BCUT2D eigenvalue weighted by Crippen LogP contribution is 2.47. The number of rotatable bonds is 2. The number of Topliss-reactive ketones (excluding diaryl/α,β-unsaturated/α-hetero) is 1. The van der Waals surface area contributed by atoms with Gasteiger partial charge in [0.25, 0.3) is 0 Å². The van der Waals surface area contributed by atoms with Gasteiger partial charge in [0.2, 0.25) is 0 Å². The molecule has 0 saturated carbocycles. The molecule has 2 aromatic carbocycles. The number of hydrogen-bond donors (Lipinski definition) is 1. The molecule has 0 atom stereocenters. The standard InChI is InChI=1S/C23H24N2O5/c26-14-20(27)16-5-6-21-19(13-16)24(9-12-30-21)22(28)25-15-23(7-10-29-11-8-23)17-3-1-2-4-18(17)25/h1-6,13,26H,7-12,14-15H2. The van der Waals surface area contributed by atoms with E-state index in [0.29, 0.717) is 49.9 Å². The Hall–Kier alpha value is -2.90. The van der Waals surface area contributed by atoms with Crippen LogP contribution in [0.3, 0.4) is 0 Å². The summed E-state index contributed by atoms with van der Waals surface area (Å²) in [5, 5.41) is 9.21. The molecular weight excluding hydrogens is 384 g/mol. The molecule has 0 radical (unpaired) electrons. The maximum Gasteiger partial charge on any atom is 0.329 e. The lowest BCUT2D eigenvalue weighted by Gasteiger charge is -2.36. The zero-order valence-corrected chi connectivity index (χ0v) is 16.7. The van der Waals surface area contributed by atoms with E-state index in [0.717, 1.165) is 18.5 Å². The Balaban J connectivity index is 1.51. The van der Waals surface area contributed by atoms with Crippen molar-refractivity contribution in [2.75, 3.05) is 49.3 Å². The molecule has 0 aromatic heterocycles. The van der Waals surface area contributed by atoms with Crippen LogP contribution in [0.2, 0.25) is 0 Å². The quantitative estimate of drug-likeness (QED) is 0.773. The van der Waals surface area contributed by atoms with Crippen molar-refractivity contribution in [1.29, 1.82) is 0 Å². The van der Waals surface area contributed by atoms with Crippen molar-refractivity contribution >= 4 is 23.2 Å². The lowest BCUT2D eigenvalue weighted by Crippen LogP contribution is -2.49. The monoisotopic (exact) mass is 408 g/mol. The normalized spacial score (nSPS) is 19.2. The molecule has 30 heavy (non-hydrogen) atoms. The van der Waals surface area contributed by atoms with Gasteiger partial charge in [-0.3, -0.25) is 14.6 Å². The van der Waals surface area contributed by atoms with Gasteiger partial charge in [-0.05, 0) is 42.7 Å². The maximum atomic E-state index is 13.7. The van der Waals surface area contributed by atoms with Crippen LogP contribution in [0.1, 0.15) is 28.8 Å². The van der Waals surface area contributed by atoms with Crippen LogP contribution in [0.25, 0.3) is 0 Å². The van der Waals surface area contributed by atoms with E-state index in [1.54, 1.807) is 23.1 Å². The SMILES string of the molecule is O=C(CO)c1ccc2c(c1)N(C(=O)N1CC3(CCOCC3)c3ccccc31)CCO2. The Kier molecular flexibility index (Phi) is 4.72. The van der Waals surface area contributed by atoms with Crippen molar-refractivity contribution in [3.8, 4) is 5.75 Å². The van der Waals surface area contributed by atoms with E-state index in [4.69, 9.17) is 9.47 Å². The van der Waals surface area contributed by atoms with Crippen molar-refractivity contribution in [2.45, 2.75) is 18.3 Å². The van der Waals surface area contributed by atoms with Crippen LogP contribution in [0.5, 0.6) is 5.75 Å². The number of nitrogens with zero attached hydrogens (tertiary/aromatic N) is 2. The fraction of sp³-hybridized carbons (Fsp3) is 0.391. The minimum Gasteiger partial charge on any atom is -0.490 e. The summed E-state index contributed by atoms with van der Waals surface area (Å²) in [6.07, 6.45) is 1.78. The minimum absolute atomic E-state index is 0.0751. The number of amides is 2. The van der Waals surface area contributed by atoms with E-state index < -0.39 is 6.61 Å². The number of anilines is 2. The average molecular weight is 408 g/mol. The molecule has 7 heteroatoms. The summed E-state index contributed by atoms with van der Waals surface area (Å²) in [4.78, 5) is 29.3. The van der Waals surface area contributed by atoms with Gasteiger partial charge in [-0.1, -0.05) is 18.2 Å². The molecule has 1 spiro atoms. The summed E-state index contributed by atoms with van der Waals surface area (Å²) in [7, 11) is 0. The molecule has 7 nitrogen and oxygen atoms in total. The topological polar surface area (TPSA) is 79.3 Å². The molecule has 156 valence electrons. The lowest BCUT2D eigenvalue weighted by molar-refractivity contribution is 0.0556. The third-order valence-corrected chi connectivity index (χ3v) is 6.43. The van der Waals surface area contributed by atoms with Gasteiger partial charge in [-0.15, -0.1) is 0 Å². The summed E-state index contributed by atoms with van der Waals surface area (Å²) < 4.78 is 11.3. The molecule has 1 fully saturated rings. The van der Waals surface area contributed by atoms with Gasteiger partial charge in [0.05, 0.1) is 12.2 Å². The number of carbonyl (C=O) groups is 2. The molecular formula is C23H24N2O5. The number of benzene rings is 2. The van der Waals surface area contributed by atoms with Gasteiger partial charge in [-0.25, -0.2) is 4.79 Å². The van der Waals surface area contributed by atoms with Crippen molar-refractivity contribution in [1.82, 2.24) is 0 Å². The van der Waals surface area contributed by atoms with E-state index in [2.05, 4.69) is 6.07 Å². The van der Waals surface area contributed by atoms with Gasteiger partial charge in [0, 0.05) is 36.4 Å². The predicted molar refractivity (Wildman–Crippen MR) is 112 cm³/mol. The molecule has 3 aliphatic heterocycles. The zero-order valence-electron chi connectivity index (χ0n) is 16.7. The maximum absolute atomic E-state index is 13.7. The molecule has 3 aliphatic rings. The second-order valence-corrected chi connectivity index (χ2v) is 8.04. The summed E-state index contributed by atoms with van der Waals surface area (Å²) in [6.45, 7) is 2.23. The molecule has 1 N–H and O–H groups in total. The van der Waals surface area contributed by atoms with Crippen molar-refractivity contribution in [2.24, 2.45) is 0 Å². The molecule has 2 aromatic rings. The van der Waals surface area contributed by atoms with Gasteiger partial charge in [0.15, 0.2) is 5.78 Å². The molecule has 0 aliphatic carbocycles. The summed E-state index contributed by atoms with van der Waals surface area (Å²) in [5.74, 6) is 0.181. The van der Waals surface area contributed by atoms with Crippen LogP contribution in [0.4, 0.5) is 16.2 Å². The number of para-hydroxylation sites is 1. The second-order valence-electron chi connectivity index (χ2n) is 8.04. The lowest BCUT2D eigenvalue weighted by atomic mass is 9.76. The average Bonchev–Trinajstić information content (AvgIpc) is 3.11. The molecule has 5 rings (SSSR count). The van der Waals surface area contributed by atoms with Crippen LogP contribution >= 0.6 is 0 Å². The highest BCUT2D eigenvalue weighted by Gasteiger charge is 2.46. The highest BCUT2D eigenvalue weighted by molar-refractivity contribution is 6.07. The molecule has 1 saturated heterocycles. The van der Waals surface area contributed by atoms with Crippen LogP contribution < -0.4 is 14.5 Å². The van der Waals surface area contributed by atoms with E-state index >= 15 is 0 Å². The fourth-order valence-corrected chi connectivity index (χ4v) is 4.82. The van der Waals surface area contributed by atoms with Gasteiger partial charge < -0.3 is 14.6 Å². The third kappa shape index (κ3) is 2.97. The van der Waals surface area contributed by atoms with E-state index in [1.807, 2.05) is 23.1 Å². The Morgan fingerprint density at radius 2 is 1.80 bits per heavy atom. The first-order chi connectivity index (χ1) is 14.6. The number of aliphatic hydroxyl groups is 1. The highest BCUT2D eigenvalue weighted by atomic mass is 16.5. The Morgan fingerprint density at radius 1 is 1.00 bits per heavy atom. The largest absolute Gasteiger partial charge is 0.490 e. The Morgan fingerprint density at radius 3 is 2.60 bits per heavy atom. The van der Waals surface area contributed by atoms with E-state index in [1.165, 1.54) is 5.56 Å². The van der Waals surface area contributed by atoms with Crippen LogP contribution in [-0.2, 0) is 10.2 Å². The smallest absolute Gasteiger partial charge is 0.329 e. The number of carbonyl (C=O) groups excluding carboxylic acids is 2. The Labute approximate surface area is 174 Å². The van der Waals surface area contributed by atoms with Gasteiger partial charge >= 0.3 is 6.03 Å². The summed E-state index contributed by atoms with van der Waals surface area (Å²) in [5.41, 5.74) is 3.01. The first-order valence-electron chi connectivity index (χ1n) is 10.3. The first kappa shape index (κ1) is 19.1. The summed E-state index contributed by atoms with van der Waals surface area (Å²) in [6, 6.07) is 12.9. The number of aliphatic hydroxyl groups excluding tert-OH is 1. The third-order valence-electron chi connectivity index (χ3n) is 6.43. The second kappa shape index (κ2) is 7.41. The van der Waals surface area contributed by atoms with E-state index in [-0.39, 0.29) is 17.2 Å². The molecule has 3 heterocycles. The fourth-order valence-electron chi connectivity index (χ4n) is 4.82. The van der Waals surface area contributed by atoms with Crippen LogP contribution in [-0.4, -0.2) is 56.4 Å². The van der Waals surface area contributed by atoms with E-state index in [9.17, 15) is 14.7 Å². The van der Waals surface area contributed by atoms with Crippen molar-refractivity contribution in [3.05, 3.63) is 53.6 Å². The molecule has 0 unspecified atom stereocenters. The zero-order chi connectivity index (χ0) is 20.7. The minimum atomic E-state index is -0.572. The predicted octanol–water partition coefficient (Wildman–Crippen LogP) is 2.75. The summed E-state index contributed by atoms with van der Waals surface area (Å²) >= 11 is 0. The van der Waals surface area contributed by atoms with Crippen LogP contribution in [0, 0.1) is 0 Å². The molecule has 2 amide bonds. The van der Waals surface area contributed by atoms with Crippen LogP contribution in [0.15, 0.2) is 42.5 Å². The number of ether oxygens (including phenoxy) is 2.